The number of carbonyl (C=O) groups is 4. The number of amides is 2. The zero-order valence-electron chi connectivity index (χ0n) is 22.3. The molecule has 40 heavy (non-hydrogen) atoms. The van der Waals surface area contributed by atoms with E-state index in [1.165, 1.54) is 6.08 Å². The van der Waals surface area contributed by atoms with Gasteiger partial charge >= 0.3 is 5.97 Å². The van der Waals surface area contributed by atoms with Crippen LogP contribution in [-0.2, 0) is 30.4 Å². The highest BCUT2D eigenvalue weighted by atomic mass is 16.7. The number of hydrogen-bond donors (Lipinski definition) is 3. The van der Waals surface area contributed by atoms with Gasteiger partial charge in [-0.3, -0.25) is 19.2 Å². The number of carbonyl (C=O) groups excluding carboxylic acids is 3. The molecule has 2 amide bonds. The van der Waals surface area contributed by atoms with Crippen LogP contribution in [0.25, 0.3) is 11.6 Å². The highest BCUT2D eigenvalue weighted by molar-refractivity contribution is 6.03. The number of nitrogens with zero attached hydrogens (tertiary/aromatic N) is 3. The van der Waals surface area contributed by atoms with Gasteiger partial charge in [-0.15, -0.1) is 0 Å². The molecule has 11 heteroatoms. The lowest BCUT2D eigenvalue weighted by Crippen LogP contribution is -2.55. The number of oxime groups is 1. The van der Waals surface area contributed by atoms with Gasteiger partial charge in [-0.2, -0.15) is 0 Å². The SMILES string of the molecule is CC(C)C(NC(=O)/C=C/c1ccccc1)C1=NOC(Cc2ccccc2)(C(=O)N[C@@H](CC(=O)O)C(=O)CN=[N-])C1. The Kier molecular flexibility index (Phi) is 10.4. The van der Waals surface area contributed by atoms with Crippen LogP contribution >= 0.6 is 0 Å². The van der Waals surface area contributed by atoms with Crippen LogP contribution in [0.3, 0.4) is 0 Å². The van der Waals surface area contributed by atoms with Crippen molar-refractivity contribution in [3.8, 4) is 0 Å². The molecule has 0 fully saturated rings. The average molecular weight is 547 g/mol. The fourth-order valence-electron chi connectivity index (χ4n) is 4.35. The van der Waals surface area contributed by atoms with Gasteiger partial charge in [0.05, 0.1) is 30.8 Å². The Balaban J connectivity index is 1.83. The number of benzene rings is 2. The summed E-state index contributed by atoms with van der Waals surface area (Å²) in [6.45, 7) is 3.11. The van der Waals surface area contributed by atoms with E-state index in [0.29, 0.717) is 5.71 Å². The first kappa shape index (κ1) is 29.9. The van der Waals surface area contributed by atoms with Gasteiger partial charge in [-0.05, 0) is 23.1 Å². The Hall–Kier alpha value is -4.67. The molecule has 0 aromatic heterocycles. The van der Waals surface area contributed by atoms with Gasteiger partial charge in [0.1, 0.15) is 0 Å². The van der Waals surface area contributed by atoms with E-state index in [9.17, 15) is 24.3 Å². The Morgan fingerprint density at radius 2 is 1.73 bits per heavy atom. The fraction of sp³-hybridized carbons (Fsp3) is 0.345. The van der Waals surface area contributed by atoms with E-state index in [-0.39, 0.29) is 24.7 Å². The number of carboxylic acids is 1. The summed E-state index contributed by atoms with van der Waals surface area (Å²) < 4.78 is 0. The fourth-order valence-corrected chi connectivity index (χ4v) is 4.35. The van der Waals surface area contributed by atoms with Crippen LogP contribution in [0, 0.1) is 5.92 Å². The predicted octanol–water partition coefficient (Wildman–Crippen LogP) is 3.15. The van der Waals surface area contributed by atoms with Gasteiger partial charge in [-0.25, -0.2) is 0 Å². The summed E-state index contributed by atoms with van der Waals surface area (Å²) in [5.41, 5.74) is 9.22. The van der Waals surface area contributed by atoms with E-state index in [1.807, 2.05) is 50.2 Å². The molecular formula is C29H32N5O6-. The lowest BCUT2D eigenvalue weighted by molar-refractivity contribution is -0.147. The summed E-state index contributed by atoms with van der Waals surface area (Å²) in [6, 6.07) is 16.4. The lowest BCUT2D eigenvalue weighted by Gasteiger charge is -2.29. The van der Waals surface area contributed by atoms with Crippen molar-refractivity contribution in [2.75, 3.05) is 6.54 Å². The van der Waals surface area contributed by atoms with Crippen molar-refractivity contribution in [3.05, 3.63) is 83.4 Å². The lowest BCUT2D eigenvalue weighted by atomic mass is 9.84. The van der Waals surface area contributed by atoms with Crippen LogP contribution < -0.4 is 10.6 Å². The molecule has 1 heterocycles. The molecule has 0 spiro atoms. The highest BCUT2D eigenvalue weighted by Crippen LogP contribution is 2.31. The van der Waals surface area contributed by atoms with Crippen molar-refractivity contribution in [2.45, 2.75) is 50.8 Å². The van der Waals surface area contributed by atoms with E-state index in [2.05, 4.69) is 20.9 Å². The van der Waals surface area contributed by atoms with E-state index >= 15 is 0 Å². The summed E-state index contributed by atoms with van der Waals surface area (Å²) in [5, 5.41) is 21.6. The van der Waals surface area contributed by atoms with Gasteiger partial charge < -0.3 is 31.2 Å². The monoisotopic (exact) mass is 546 g/mol. The second-order valence-electron chi connectivity index (χ2n) is 9.87. The van der Waals surface area contributed by atoms with Gasteiger partial charge in [0, 0.05) is 18.9 Å². The van der Waals surface area contributed by atoms with Crippen molar-refractivity contribution < 1.29 is 29.1 Å². The minimum Gasteiger partial charge on any atom is -0.712 e. The summed E-state index contributed by atoms with van der Waals surface area (Å²) in [5.74, 6) is -3.30. The van der Waals surface area contributed by atoms with Gasteiger partial charge in [0.15, 0.2) is 5.78 Å². The maximum Gasteiger partial charge on any atom is 0.305 e. The van der Waals surface area contributed by atoms with E-state index in [4.69, 9.17) is 10.4 Å². The third-order valence-electron chi connectivity index (χ3n) is 6.40. The highest BCUT2D eigenvalue weighted by Gasteiger charge is 2.49. The largest absolute Gasteiger partial charge is 0.712 e. The third-order valence-corrected chi connectivity index (χ3v) is 6.40. The van der Waals surface area contributed by atoms with Crippen molar-refractivity contribution in [2.24, 2.45) is 16.2 Å². The molecule has 2 aromatic rings. The number of carboxylic acid groups (broad SMARTS) is 1. The van der Waals surface area contributed by atoms with Crippen LogP contribution in [0.5, 0.6) is 0 Å². The molecule has 3 N–H and O–H groups in total. The Labute approximate surface area is 232 Å². The molecule has 0 aliphatic carbocycles. The zero-order valence-corrected chi connectivity index (χ0v) is 22.3. The van der Waals surface area contributed by atoms with Gasteiger partial charge in [0.25, 0.3) is 5.91 Å². The number of ketones is 1. The Morgan fingerprint density at radius 1 is 1.07 bits per heavy atom. The van der Waals surface area contributed by atoms with Crippen molar-refractivity contribution >= 4 is 35.4 Å². The standard InChI is InChI=1S/C29H32N5O6/c1-19(2)27(33-25(36)14-13-20-9-5-3-6-10-20)23-17-29(40-34-23,16-21-11-7-4-8-12-21)28(39)32-22(15-26(37)38)24(35)18-31-30/h3-14,19,22,27H,15-18H2,1-2H3,(H,32,39)(H,33,36)(H,37,38)/q-1/b14-13+/t22-,27?,29?/m0/s1. The van der Waals surface area contributed by atoms with Gasteiger partial charge in [0.2, 0.25) is 11.5 Å². The summed E-state index contributed by atoms with van der Waals surface area (Å²) in [4.78, 5) is 55.9. The van der Waals surface area contributed by atoms with Crippen LogP contribution in [0.15, 0.2) is 77.0 Å². The minimum absolute atomic E-state index is 0.0163. The normalized spacial score (nSPS) is 17.9. The molecule has 1 aliphatic heterocycles. The number of Topliss-reactive ketones (excluding diaryl/α,β-unsaturated/α-hetero) is 1. The summed E-state index contributed by atoms with van der Waals surface area (Å²) >= 11 is 0. The van der Waals surface area contributed by atoms with Crippen molar-refractivity contribution in [3.63, 3.8) is 0 Å². The number of nitrogens with one attached hydrogen (secondary N) is 2. The first-order valence-electron chi connectivity index (χ1n) is 12.8. The molecule has 0 radical (unpaired) electrons. The molecule has 0 saturated carbocycles. The third kappa shape index (κ3) is 8.16. The first-order valence-corrected chi connectivity index (χ1v) is 12.8. The Bertz CT molecular complexity index is 1280. The second-order valence-corrected chi connectivity index (χ2v) is 9.87. The molecule has 3 rings (SSSR count). The smallest absolute Gasteiger partial charge is 0.305 e. The predicted molar refractivity (Wildman–Crippen MR) is 148 cm³/mol. The molecule has 0 saturated heterocycles. The summed E-state index contributed by atoms with van der Waals surface area (Å²) in [6.07, 6.45) is 2.45. The van der Waals surface area contributed by atoms with E-state index in [0.717, 1.165) is 11.1 Å². The van der Waals surface area contributed by atoms with Crippen molar-refractivity contribution in [1.29, 1.82) is 0 Å². The molecule has 210 valence electrons. The second kappa shape index (κ2) is 13.9. The molecule has 3 atom stereocenters. The number of rotatable bonds is 14. The zero-order chi connectivity index (χ0) is 29.1. The molecule has 2 aromatic carbocycles. The van der Waals surface area contributed by atoms with Crippen LogP contribution in [0.1, 0.15) is 37.8 Å². The van der Waals surface area contributed by atoms with Crippen LogP contribution in [-0.4, -0.2) is 58.6 Å². The molecular weight excluding hydrogens is 514 g/mol. The summed E-state index contributed by atoms with van der Waals surface area (Å²) in [7, 11) is 0. The van der Waals surface area contributed by atoms with Crippen molar-refractivity contribution in [1.82, 2.24) is 10.6 Å². The average Bonchev–Trinajstić information content (AvgIpc) is 3.35. The van der Waals surface area contributed by atoms with E-state index in [1.54, 1.807) is 30.3 Å². The van der Waals surface area contributed by atoms with E-state index < -0.39 is 48.3 Å². The minimum atomic E-state index is -1.61. The van der Waals surface area contributed by atoms with Gasteiger partial charge in [-0.1, -0.05) is 79.7 Å². The quantitative estimate of drug-likeness (QED) is 0.243. The van der Waals surface area contributed by atoms with Crippen LogP contribution in [0.4, 0.5) is 0 Å². The topological polar surface area (TPSA) is 169 Å². The number of hydrogen-bond acceptors (Lipinski definition) is 7. The first-order chi connectivity index (χ1) is 19.1. The maximum absolute atomic E-state index is 13.6. The molecule has 2 unspecified atom stereocenters. The maximum atomic E-state index is 13.6. The Morgan fingerprint density at radius 3 is 2.33 bits per heavy atom. The molecule has 1 aliphatic rings. The number of aliphatic carboxylic acids is 1. The van der Waals surface area contributed by atoms with Crippen LogP contribution in [0.2, 0.25) is 0 Å². The molecule has 11 nitrogen and oxygen atoms in total. The molecule has 0 bridgehead atoms.